The van der Waals surface area contributed by atoms with Crippen LogP contribution in [0.1, 0.15) is 0 Å². The fourth-order valence-electron chi connectivity index (χ4n) is 1.93. The molecule has 1 N–H and O–H groups in total. The summed E-state index contributed by atoms with van der Waals surface area (Å²) >= 11 is 1.62. The second-order valence-electron chi connectivity index (χ2n) is 4.56. The highest BCUT2D eigenvalue weighted by atomic mass is 32.2. The first-order chi connectivity index (χ1) is 10.6. The van der Waals surface area contributed by atoms with Gasteiger partial charge < -0.3 is 0 Å². The maximum atomic E-state index is 12.0. The van der Waals surface area contributed by atoms with Crippen LogP contribution in [-0.2, 0) is 16.6 Å². The first-order valence-corrected chi connectivity index (χ1v) is 9.03. The highest BCUT2D eigenvalue weighted by Gasteiger charge is 2.13. The van der Waals surface area contributed by atoms with Crippen LogP contribution in [0.15, 0.2) is 58.5 Å². The third-order valence-corrected chi connectivity index (χ3v) is 5.16. The summed E-state index contributed by atoms with van der Waals surface area (Å²) in [5, 5.41) is 8.44. The normalized spacial score (nSPS) is 11.6. The van der Waals surface area contributed by atoms with Crippen molar-refractivity contribution in [3.8, 4) is 11.3 Å². The molecule has 0 aromatic carbocycles. The van der Waals surface area contributed by atoms with E-state index in [2.05, 4.69) is 14.8 Å². The van der Waals surface area contributed by atoms with Crippen molar-refractivity contribution in [1.82, 2.24) is 19.5 Å². The van der Waals surface area contributed by atoms with E-state index in [4.69, 9.17) is 0 Å². The van der Waals surface area contributed by atoms with Crippen LogP contribution in [0.2, 0.25) is 0 Å². The van der Waals surface area contributed by atoms with Gasteiger partial charge in [-0.2, -0.15) is 16.4 Å². The third-order valence-electron chi connectivity index (χ3n) is 3.04. The quantitative estimate of drug-likeness (QED) is 0.748. The van der Waals surface area contributed by atoms with E-state index in [1.807, 2.05) is 29.1 Å². The molecule has 114 valence electrons. The van der Waals surface area contributed by atoms with Crippen LogP contribution in [-0.4, -0.2) is 29.7 Å². The van der Waals surface area contributed by atoms with Gasteiger partial charge in [0.25, 0.3) is 0 Å². The van der Waals surface area contributed by atoms with E-state index in [0.717, 1.165) is 11.3 Å². The van der Waals surface area contributed by atoms with Gasteiger partial charge in [-0.3, -0.25) is 9.67 Å². The fraction of sp³-hybridized carbons (Fsp3) is 0.143. The van der Waals surface area contributed by atoms with Crippen LogP contribution in [0, 0.1) is 0 Å². The lowest BCUT2D eigenvalue weighted by atomic mass is 10.2. The molecule has 3 aromatic rings. The monoisotopic (exact) mass is 334 g/mol. The first-order valence-electron chi connectivity index (χ1n) is 6.61. The summed E-state index contributed by atoms with van der Waals surface area (Å²) in [6.45, 7) is 0.728. The van der Waals surface area contributed by atoms with Crippen molar-refractivity contribution in [1.29, 1.82) is 0 Å². The van der Waals surface area contributed by atoms with Crippen molar-refractivity contribution in [2.75, 3.05) is 6.54 Å². The number of nitrogens with zero attached hydrogens (tertiary/aromatic N) is 3. The number of nitrogens with one attached hydrogen (secondary N) is 1. The third kappa shape index (κ3) is 3.41. The Hall–Kier alpha value is -2.03. The summed E-state index contributed by atoms with van der Waals surface area (Å²) in [5.74, 6) is 0. The van der Waals surface area contributed by atoms with Gasteiger partial charge in [0.2, 0.25) is 10.0 Å². The molecule has 8 heteroatoms. The molecule has 0 saturated carbocycles. The van der Waals surface area contributed by atoms with Crippen molar-refractivity contribution >= 4 is 21.4 Å². The minimum atomic E-state index is -3.52. The number of hydrogen-bond acceptors (Lipinski definition) is 5. The van der Waals surface area contributed by atoms with Crippen LogP contribution in [0.25, 0.3) is 11.3 Å². The summed E-state index contributed by atoms with van der Waals surface area (Å²) in [7, 11) is -3.52. The maximum Gasteiger partial charge on any atom is 0.242 e. The average molecular weight is 334 g/mol. The summed E-state index contributed by atoms with van der Waals surface area (Å²) in [6.07, 6.45) is 4.70. The SMILES string of the molecule is O=S(=O)(NCCn1ccc(-c2ccsc2)n1)c1cccnc1. The zero-order valence-electron chi connectivity index (χ0n) is 11.6. The molecule has 0 amide bonds. The Morgan fingerprint density at radius 3 is 2.91 bits per heavy atom. The highest BCUT2D eigenvalue weighted by molar-refractivity contribution is 7.89. The van der Waals surface area contributed by atoms with Crippen LogP contribution in [0.3, 0.4) is 0 Å². The number of aromatic nitrogens is 3. The second-order valence-corrected chi connectivity index (χ2v) is 7.11. The Balaban J connectivity index is 1.60. The van der Waals surface area contributed by atoms with Gasteiger partial charge in [-0.05, 0) is 29.6 Å². The Morgan fingerprint density at radius 2 is 2.18 bits per heavy atom. The Kier molecular flexibility index (Phi) is 4.32. The lowest BCUT2D eigenvalue weighted by Crippen LogP contribution is -2.27. The Morgan fingerprint density at radius 1 is 1.27 bits per heavy atom. The lowest BCUT2D eigenvalue weighted by molar-refractivity contribution is 0.561. The van der Waals surface area contributed by atoms with Crippen LogP contribution in [0.4, 0.5) is 0 Å². The van der Waals surface area contributed by atoms with Gasteiger partial charge in [0.1, 0.15) is 4.90 Å². The predicted octanol–water partition coefficient (Wildman–Crippen LogP) is 1.99. The van der Waals surface area contributed by atoms with Gasteiger partial charge in [-0.25, -0.2) is 13.1 Å². The summed E-state index contributed by atoms with van der Waals surface area (Å²) in [6, 6.07) is 7.02. The minimum Gasteiger partial charge on any atom is -0.271 e. The number of sulfonamides is 1. The van der Waals surface area contributed by atoms with Gasteiger partial charge >= 0.3 is 0 Å². The van der Waals surface area contributed by atoms with Gasteiger partial charge in [-0.15, -0.1) is 0 Å². The summed E-state index contributed by atoms with van der Waals surface area (Å²) < 4.78 is 28.3. The molecule has 0 saturated heterocycles. The van der Waals surface area contributed by atoms with E-state index >= 15 is 0 Å². The molecule has 3 aromatic heterocycles. The first kappa shape index (κ1) is 14.9. The van der Waals surface area contributed by atoms with E-state index in [1.54, 1.807) is 22.1 Å². The molecule has 0 spiro atoms. The van der Waals surface area contributed by atoms with E-state index < -0.39 is 10.0 Å². The van der Waals surface area contributed by atoms with Crippen molar-refractivity contribution in [2.24, 2.45) is 0 Å². The zero-order valence-corrected chi connectivity index (χ0v) is 13.2. The van der Waals surface area contributed by atoms with Crippen molar-refractivity contribution in [3.63, 3.8) is 0 Å². The van der Waals surface area contributed by atoms with E-state index in [-0.39, 0.29) is 11.4 Å². The van der Waals surface area contributed by atoms with Gasteiger partial charge in [0.05, 0.1) is 12.2 Å². The second kappa shape index (κ2) is 6.39. The fourth-order valence-corrected chi connectivity index (χ4v) is 3.57. The molecule has 0 aliphatic carbocycles. The number of rotatable bonds is 6. The van der Waals surface area contributed by atoms with Crippen LogP contribution >= 0.6 is 11.3 Å². The number of thiophene rings is 1. The minimum absolute atomic E-state index is 0.162. The standard InChI is InChI=1S/C14H14N4O2S2/c19-22(20,13-2-1-5-15-10-13)16-6-8-18-7-3-14(17-18)12-4-9-21-11-12/h1-5,7,9-11,16H,6,8H2. The lowest BCUT2D eigenvalue weighted by Gasteiger charge is -2.06. The van der Waals surface area contributed by atoms with Gasteiger partial charge in [0.15, 0.2) is 0 Å². The highest BCUT2D eigenvalue weighted by Crippen LogP contribution is 2.19. The molecular formula is C14H14N4O2S2. The molecule has 22 heavy (non-hydrogen) atoms. The van der Waals surface area contributed by atoms with E-state index in [1.165, 1.54) is 18.5 Å². The molecule has 0 atom stereocenters. The van der Waals surface area contributed by atoms with E-state index in [9.17, 15) is 8.42 Å². The molecule has 6 nitrogen and oxygen atoms in total. The smallest absolute Gasteiger partial charge is 0.242 e. The molecular weight excluding hydrogens is 320 g/mol. The summed E-state index contributed by atoms with van der Waals surface area (Å²) in [4.78, 5) is 3.97. The van der Waals surface area contributed by atoms with Crippen LogP contribution < -0.4 is 4.72 Å². The molecule has 0 bridgehead atoms. The van der Waals surface area contributed by atoms with Crippen molar-refractivity contribution in [3.05, 3.63) is 53.6 Å². The molecule has 0 aliphatic heterocycles. The van der Waals surface area contributed by atoms with Gasteiger partial charge in [-0.1, -0.05) is 0 Å². The van der Waals surface area contributed by atoms with Gasteiger partial charge in [0, 0.05) is 36.1 Å². The van der Waals surface area contributed by atoms with Crippen molar-refractivity contribution < 1.29 is 8.42 Å². The predicted molar refractivity (Wildman–Crippen MR) is 85.0 cm³/mol. The zero-order chi connectivity index (χ0) is 15.4. The molecule has 0 aliphatic rings. The number of pyridine rings is 1. The molecule has 3 heterocycles. The molecule has 0 radical (unpaired) electrons. The molecule has 3 rings (SSSR count). The maximum absolute atomic E-state index is 12.0. The van der Waals surface area contributed by atoms with Crippen LogP contribution in [0.5, 0.6) is 0 Å². The summed E-state index contributed by atoms with van der Waals surface area (Å²) in [5.41, 5.74) is 1.95. The molecule has 0 unspecified atom stereocenters. The average Bonchev–Trinajstić information content (AvgIpc) is 3.19. The Labute approximate surface area is 132 Å². The van der Waals surface area contributed by atoms with Crippen molar-refractivity contribution in [2.45, 2.75) is 11.4 Å². The van der Waals surface area contributed by atoms with E-state index in [0.29, 0.717) is 6.54 Å². The largest absolute Gasteiger partial charge is 0.271 e. The topological polar surface area (TPSA) is 76.9 Å². The number of hydrogen-bond donors (Lipinski definition) is 1. The molecule has 0 fully saturated rings. The Bertz CT molecular complexity index is 827.